The molecule has 1 aliphatic heterocycles. The third kappa shape index (κ3) is 6.04. The van der Waals surface area contributed by atoms with E-state index in [9.17, 15) is 4.79 Å². The van der Waals surface area contributed by atoms with Crippen LogP contribution in [0.1, 0.15) is 50.2 Å². The maximum Gasteiger partial charge on any atom is 0.220 e. The van der Waals surface area contributed by atoms with Crippen molar-refractivity contribution in [3.05, 3.63) is 35.4 Å². The summed E-state index contributed by atoms with van der Waals surface area (Å²) in [5.41, 5.74) is 2.64. The van der Waals surface area contributed by atoms with Gasteiger partial charge in [-0.05, 0) is 38.2 Å². The Bertz CT molecular complexity index is 606. The maximum atomic E-state index is 11.6. The number of amides is 1. The lowest BCUT2D eigenvalue weighted by molar-refractivity contribution is -0.121. The second-order valence-corrected chi connectivity index (χ2v) is 7.32. The predicted molar refractivity (Wildman–Crippen MR) is 109 cm³/mol. The molecule has 1 atom stereocenters. The maximum absolute atomic E-state index is 11.6. The van der Waals surface area contributed by atoms with Crippen LogP contribution in [0.15, 0.2) is 29.3 Å². The van der Waals surface area contributed by atoms with Crippen LogP contribution in [0.5, 0.6) is 0 Å². The minimum atomic E-state index is 0.149. The molecular formula is C21H34N4O. The lowest BCUT2D eigenvalue weighted by Gasteiger charge is -2.34. The first-order valence-electron chi connectivity index (χ1n) is 9.83. The molecule has 1 aromatic carbocycles. The van der Waals surface area contributed by atoms with Crippen molar-refractivity contribution in [1.29, 1.82) is 0 Å². The lowest BCUT2D eigenvalue weighted by atomic mass is 9.93. The fourth-order valence-corrected chi connectivity index (χ4v) is 3.44. The summed E-state index contributed by atoms with van der Waals surface area (Å²) in [4.78, 5) is 18.8. The molecule has 1 unspecified atom stereocenters. The van der Waals surface area contributed by atoms with Crippen LogP contribution in [0.25, 0.3) is 0 Å². The topological polar surface area (TPSA) is 56.7 Å². The number of aryl methyl sites for hydroxylation is 1. The number of hydrogen-bond donors (Lipinski definition) is 2. The molecule has 144 valence electrons. The number of hydrogen-bond acceptors (Lipinski definition) is 2. The average Bonchev–Trinajstić information content (AvgIpc) is 2.65. The fraction of sp³-hybridized carbons (Fsp3) is 0.619. The van der Waals surface area contributed by atoms with Crippen molar-refractivity contribution in [1.82, 2.24) is 15.5 Å². The monoisotopic (exact) mass is 358 g/mol. The Morgan fingerprint density at radius 3 is 2.69 bits per heavy atom. The van der Waals surface area contributed by atoms with Gasteiger partial charge in [0, 0.05) is 45.6 Å². The molecule has 2 rings (SSSR count). The third-order valence-corrected chi connectivity index (χ3v) is 5.13. The van der Waals surface area contributed by atoms with Crippen LogP contribution in [0.2, 0.25) is 0 Å². The highest BCUT2D eigenvalue weighted by molar-refractivity contribution is 5.80. The molecule has 1 aliphatic rings. The fourth-order valence-electron chi connectivity index (χ4n) is 3.44. The molecule has 26 heavy (non-hydrogen) atoms. The normalized spacial score (nSPS) is 17.1. The van der Waals surface area contributed by atoms with Crippen LogP contribution in [0, 0.1) is 12.8 Å². The SMILES string of the molecule is CCNC(=NCC(C)c1cccc(C)c1)N1CCC(CC(=O)NC)CC1. The molecule has 1 fully saturated rings. The van der Waals surface area contributed by atoms with Crippen LogP contribution in [-0.4, -0.2) is 50.0 Å². The summed E-state index contributed by atoms with van der Waals surface area (Å²) in [6, 6.07) is 8.68. The molecule has 1 aromatic rings. The second-order valence-electron chi connectivity index (χ2n) is 7.32. The van der Waals surface area contributed by atoms with E-state index < -0.39 is 0 Å². The predicted octanol–water partition coefficient (Wildman–Crippen LogP) is 2.91. The number of carbonyl (C=O) groups excluding carboxylic acids is 1. The van der Waals surface area contributed by atoms with Crippen molar-refractivity contribution in [2.45, 2.75) is 46.0 Å². The first kappa shape index (κ1) is 20.3. The summed E-state index contributed by atoms with van der Waals surface area (Å²) in [5, 5.41) is 6.16. The number of aliphatic imine (C=N–C) groups is 1. The van der Waals surface area contributed by atoms with E-state index in [0.717, 1.165) is 45.0 Å². The van der Waals surface area contributed by atoms with Crippen LogP contribution >= 0.6 is 0 Å². The molecule has 0 aliphatic carbocycles. The van der Waals surface area contributed by atoms with Crippen molar-refractivity contribution < 1.29 is 4.79 Å². The van der Waals surface area contributed by atoms with E-state index >= 15 is 0 Å². The Hall–Kier alpha value is -2.04. The number of nitrogens with one attached hydrogen (secondary N) is 2. The van der Waals surface area contributed by atoms with Gasteiger partial charge in [0.25, 0.3) is 0 Å². The van der Waals surface area contributed by atoms with Gasteiger partial charge in [-0.3, -0.25) is 9.79 Å². The van der Waals surface area contributed by atoms with E-state index in [1.54, 1.807) is 7.05 Å². The number of nitrogens with zero attached hydrogens (tertiary/aromatic N) is 2. The minimum Gasteiger partial charge on any atom is -0.359 e. The van der Waals surface area contributed by atoms with Crippen LogP contribution in [0.4, 0.5) is 0 Å². The van der Waals surface area contributed by atoms with Gasteiger partial charge in [0.15, 0.2) is 5.96 Å². The van der Waals surface area contributed by atoms with Gasteiger partial charge in [-0.2, -0.15) is 0 Å². The number of guanidine groups is 1. The number of carbonyl (C=O) groups is 1. The Morgan fingerprint density at radius 1 is 1.35 bits per heavy atom. The molecule has 0 aromatic heterocycles. The first-order valence-corrected chi connectivity index (χ1v) is 9.83. The van der Waals surface area contributed by atoms with Crippen molar-refractivity contribution in [3.8, 4) is 0 Å². The van der Waals surface area contributed by atoms with Gasteiger partial charge in [-0.25, -0.2) is 0 Å². The second kappa shape index (κ2) is 10.2. The number of benzene rings is 1. The highest BCUT2D eigenvalue weighted by atomic mass is 16.1. The first-order chi connectivity index (χ1) is 12.5. The van der Waals surface area contributed by atoms with Crippen LogP contribution in [-0.2, 0) is 4.79 Å². The van der Waals surface area contributed by atoms with Gasteiger partial charge in [0.2, 0.25) is 5.91 Å². The molecule has 1 saturated heterocycles. The zero-order valence-electron chi connectivity index (χ0n) is 16.7. The summed E-state index contributed by atoms with van der Waals surface area (Å²) in [7, 11) is 1.71. The Morgan fingerprint density at radius 2 is 2.08 bits per heavy atom. The molecule has 0 spiro atoms. The van der Waals surface area contributed by atoms with Gasteiger partial charge in [0.1, 0.15) is 0 Å². The molecule has 0 radical (unpaired) electrons. The summed E-state index contributed by atoms with van der Waals surface area (Å²) >= 11 is 0. The number of piperidine rings is 1. The molecule has 5 heteroatoms. The van der Waals surface area contributed by atoms with Crippen molar-refractivity contribution >= 4 is 11.9 Å². The summed E-state index contributed by atoms with van der Waals surface area (Å²) < 4.78 is 0. The molecule has 1 amide bonds. The average molecular weight is 359 g/mol. The number of likely N-dealkylation sites (tertiary alicyclic amines) is 1. The molecule has 0 saturated carbocycles. The Balaban J connectivity index is 1.93. The highest BCUT2D eigenvalue weighted by Crippen LogP contribution is 2.21. The molecule has 1 heterocycles. The zero-order valence-corrected chi connectivity index (χ0v) is 16.7. The zero-order chi connectivity index (χ0) is 18.9. The Labute approximate surface area is 158 Å². The molecular weight excluding hydrogens is 324 g/mol. The van der Waals surface area contributed by atoms with E-state index in [-0.39, 0.29) is 5.91 Å². The largest absolute Gasteiger partial charge is 0.359 e. The van der Waals surface area contributed by atoms with Gasteiger partial charge >= 0.3 is 0 Å². The molecule has 5 nitrogen and oxygen atoms in total. The Kier molecular flexibility index (Phi) is 7.95. The summed E-state index contributed by atoms with van der Waals surface area (Å²) in [5.74, 6) is 2.04. The van der Waals surface area contributed by atoms with Gasteiger partial charge < -0.3 is 15.5 Å². The van der Waals surface area contributed by atoms with E-state index in [1.807, 2.05) is 0 Å². The van der Waals surface area contributed by atoms with Crippen LogP contribution < -0.4 is 10.6 Å². The van der Waals surface area contributed by atoms with Crippen molar-refractivity contribution in [2.24, 2.45) is 10.9 Å². The quantitative estimate of drug-likeness (QED) is 0.607. The molecule has 0 bridgehead atoms. The van der Waals surface area contributed by atoms with Gasteiger partial charge in [-0.15, -0.1) is 0 Å². The van der Waals surface area contributed by atoms with E-state index in [0.29, 0.717) is 18.3 Å². The number of rotatable bonds is 6. The van der Waals surface area contributed by atoms with E-state index in [2.05, 4.69) is 60.6 Å². The van der Waals surface area contributed by atoms with Gasteiger partial charge in [0.05, 0.1) is 0 Å². The van der Waals surface area contributed by atoms with Crippen molar-refractivity contribution in [3.63, 3.8) is 0 Å². The molecule has 2 N–H and O–H groups in total. The highest BCUT2D eigenvalue weighted by Gasteiger charge is 2.23. The van der Waals surface area contributed by atoms with Crippen LogP contribution in [0.3, 0.4) is 0 Å². The smallest absolute Gasteiger partial charge is 0.220 e. The summed E-state index contributed by atoms with van der Waals surface area (Å²) in [6.45, 7) is 10.1. The minimum absolute atomic E-state index is 0.149. The van der Waals surface area contributed by atoms with Gasteiger partial charge in [-0.1, -0.05) is 36.8 Å². The van der Waals surface area contributed by atoms with Crippen molar-refractivity contribution in [2.75, 3.05) is 33.2 Å². The lowest BCUT2D eigenvalue weighted by Crippen LogP contribution is -2.46. The third-order valence-electron chi connectivity index (χ3n) is 5.13. The van der Waals surface area contributed by atoms with E-state index in [1.165, 1.54) is 11.1 Å². The van der Waals surface area contributed by atoms with E-state index in [4.69, 9.17) is 4.99 Å². The standard InChI is InChI=1S/C21H34N4O/c1-5-23-21(24-15-17(3)19-8-6-7-16(2)13-19)25-11-9-18(10-12-25)14-20(26)22-4/h6-8,13,17-18H,5,9-12,14-15H2,1-4H3,(H,22,26)(H,23,24). The summed E-state index contributed by atoms with van der Waals surface area (Å²) in [6.07, 6.45) is 2.74.